The molecular weight excluding hydrogens is 270 g/mol. The molecule has 1 aromatic carbocycles. The predicted molar refractivity (Wildman–Crippen MR) is 80.0 cm³/mol. The summed E-state index contributed by atoms with van der Waals surface area (Å²) in [5.74, 6) is -0.0517. The number of fused-ring (bicyclic) bond motifs is 1. The molecule has 1 amide bonds. The Kier molecular flexibility index (Phi) is 3.28. The van der Waals surface area contributed by atoms with Gasteiger partial charge >= 0.3 is 0 Å². The second-order valence-corrected chi connectivity index (χ2v) is 5.64. The van der Waals surface area contributed by atoms with Crippen LogP contribution in [0.1, 0.15) is 21.7 Å². The van der Waals surface area contributed by atoms with Gasteiger partial charge in [0.1, 0.15) is 5.69 Å². The van der Waals surface area contributed by atoms with E-state index in [1.807, 2.05) is 53.2 Å². The van der Waals surface area contributed by atoms with Gasteiger partial charge in [-0.25, -0.2) is 4.98 Å². The third-order valence-corrected chi connectivity index (χ3v) is 4.17. The summed E-state index contributed by atoms with van der Waals surface area (Å²) in [7, 11) is 1.80. The van der Waals surface area contributed by atoms with E-state index < -0.39 is 0 Å². The molecule has 0 radical (unpaired) electrons. The number of carbonyl (C=O) groups excluding carboxylic acids is 1. The third-order valence-electron chi connectivity index (χ3n) is 3.22. The molecule has 20 heavy (non-hydrogen) atoms. The molecule has 3 rings (SSSR count). The minimum Gasteiger partial charge on any atom is -0.336 e. The van der Waals surface area contributed by atoms with Gasteiger partial charge in [0.15, 0.2) is 4.96 Å². The van der Waals surface area contributed by atoms with Crippen molar-refractivity contribution in [3.63, 3.8) is 0 Å². The number of amides is 1. The molecular formula is C15H15N3OS. The number of nitrogens with zero attached hydrogens (tertiary/aromatic N) is 3. The Balaban J connectivity index is 1.80. The minimum atomic E-state index is -0.0517. The number of hydrogen-bond acceptors (Lipinski definition) is 3. The lowest BCUT2D eigenvalue weighted by Gasteiger charge is -2.15. The van der Waals surface area contributed by atoms with Crippen LogP contribution in [-0.2, 0) is 6.54 Å². The maximum Gasteiger partial charge on any atom is 0.274 e. The molecule has 0 saturated carbocycles. The molecule has 2 heterocycles. The normalized spacial score (nSPS) is 10.9. The fraction of sp³-hybridized carbons (Fsp3) is 0.200. The first-order valence-electron chi connectivity index (χ1n) is 6.38. The van der Waals surface area contributed by atoms with Crippen LogP contribution in [0.5, 0.6) is 0 Å². The first kappa shape index (κ1) is 12.9. The van der Waals surface area contributed by atoms with Crippen molar-refractivity contribution in [2.45, 2.75) is 13.5 Å². The summed E-state index contributed by atoms with van der Waals surface area (Å²) < 4.78 is 1.95. The van der Waals surface area contributed by atoms with E-state index in [9.17, 15) is 4.79 Å². The van der Waals surface area contributed by atoms with Crippen LogP contribution in [0.3, 0.4) is 0 Å². The summed E-state index contributed by atoms with van der Waals surface area (Å²) in [4.78, 5) is 19.3. The Morgan fingerprint density at radius 1 is 1.35 bits per heavy atom. The predicted octanol–water partition coefficient (Wildman–Crippen LogP) is 2.98. The zero-order chi connectivity index (χ0) is 14.1. The van der Waals surface area contributed by atoms with Crippen LogP contribution < -0.4 is 0 Å². The maximum atomic E-state index is 12.4. The van der Waals surface area contributed by atoms with Gasteiger partial charge < -0.3 is 4.90 Å². The second kappa shape index (κ2) is 5.09. The number of imidazole rings is 1. The highest BCUT2D eigenvalue weighted by Gasteiger charge is 2.16. The van der Waals surface area contributed by atoms with Gasteiger partial charge in [-0.05, 0) is 12.5 Å². The molecule has 0 atom stereocenters. The van der Waals surface area contributed by atoms with Crippen molar-refractivity contribution in [1.82, 2.24) is 14.3 Å². The summed E-state index contributed by atoms with van der Waals surface area (Å²) in [5.41, 5.74) is 2.71. The highest BCUT2D eigenvalue weighted by molar-refractivity contribution is 7.15. The molecule has 0 bridgehead atoms. The Morgan fingerprint density at radius 2 is 2.10 bits per heavy atom. The standard InChI is InChI=1S/C15H15N3OS/c1-11-10-20-15-16-13(9-18(11)15)14(19)17(2)8-12-6-4-3-5-7-12/h3-7,9-10H,8H2,1-2H3. The number of carbonyl (C=O) groups is 1. The lowest BCUT2D eigenvalue weighted by atomic mass is 10.2. The molecule has 0 spiro atoms. The average Bonchev–Trinajstić information content (AvgIpc) is 3.02. The van der Waals surface area contributed by atoms with Crippen molar-refractivity contribution in [2.75, 3.05) is 7.05 Å². The quantitative estimate of drug-likeness (QED) is 0.742. The van der Waals surface area contributed by atoms with Gasteiger partial charge in [0.25, 0.3) is 5.91 Å². The summed E-state index contributed by atoms with van der Waals surface area (Å²) in [6.45, 7) is 2.59. The van der Waals surface area contributed by atoms with Crippen LogP contribution >= 0.6 is 11.3 Å². The van der Waals surface area contributed by atoms with Gasteiger partial charge in [-0.15, -0.1) is 11.3 Å². The zero-order valence-electron chi connectivity index (χ0n) is 11.4. The number of aromatic nitrogens is 2. The van der Waals surface area contributed by atoms with Gasteiger partial charge in [-0.3, -0.25) is 9.20 Å². The number of thiazole rings is 1. The fourth-order valence-electron chi connectivity index (χ4n) is 2.12. The van der Waals surface area contributed by atoms with Crippen molar-refractivity contribution in [3.05, 3.63) is 58.9 Å². The number of benzene rings is 1. The van der Waals surface area contributed by atoms with E-state index >= 15 is 0 Å². The van der Waals surface area contributed by atoms with Crippen LogP contribution in [0.2, 0.25) is 0 Å². The Labute approximate surface area is 121 Å². The first-order chi connectivity index (χ1) is 9.65. The number of aryl methyl sites for hydroxylation is 1. The summed E-state index contributed by atoms with van der Waals surface area (Å²) in [6, 6.07) is 9.95. The zero-order valence-corrected chi connectivity index (χ0v) is 12.2. The average molecular weight is 285 g/mol. The molecule has 0 aliphatic carbocycles. The molecule has 0 aliphatic heterocycles. The van der Waals surface area contributed by atoms with Crippen LogP contribution in [0, 0.1) is 6.92 Å². The minimum absolute atomic E-state index is 0.0517. The molecule has 4 nitrogen and oxygen atoms in total. The van der Waals surface area contributed by atoms with Crippen molar-refractivity contribution in [3.8, 4) is 0 Å². The molecule has 5 heteroatoms. The van der Waals surface area contributed by atoms with Gasteiger partial charge in [0.05, 0.1) is 0 Å². The monoisotopic (exact) mass is 285 g/mol. The Morgan fingerprint density at radius 3 is 2.80 bits per heavy atom. The van der Waals surface area contributed by atoms with Crippen LogP contribution in [0.25, 0.3) is 4.96 Å². The molecule has 0 saturated heterocycles. The van der Waals surface area contributed by atoms with Crippen molar-refractivity contribution >= 4 is 22.2 Å². The maximum absolute atomic E-state index is 12.4. The van der Waals surface area contributed by atoms with Crippen LogP contribution in [-0.4, -0.2) is 27.2 Å². The molecule has 0 fully saturated rings. The lowest BCUT2D eigenvalue weighted by Crippen LogP contribution is -2.26. The van der Waals surface area contributed by atoms with E-state index in [1.165, 1.54) is 0 Å². The Bertz CT molecular complexity index is 745. The largest absolute Gasteiger partial charge is 0.336 e. The van der Waals surface area contributed by atoms with E-state index in [0.29, 0.717) is 12.2 Å². The first-order valence-corrected chi connectivity index (χ1v) is 7.25. The van der Waals surface area contributed by atoms with Gasteiger partial charge in [0, 0.05) is 30.9 Å². The second-order valence-electron chi connectivity index (χ2n) is 4.80. The molecule has 102 valence electrons. The number of rotatable bonds is 3. The summed E-state index contributed by atoms with van der Waals surface area (Å²) >= 11 is 1.55. The van der Waals surface area contributed by atoms with Gasteiger partial charge in [-0.1, -0.05) is 30.3 Å². The van der Waals surface area contributed by atoms with Gasteiger partial charge in [0.2, 0.25) is 0 Å². The van der Waals surface area contributed by atoms with Crippen LogP contribution in [0.4, 0.5) is 0 Å². The Hall–Kier alpha value is -2.14. The summed E-state index contributed by atoms with van der Waals surface area (Å²) in [5, 5.41) is 2.03. The molecule has 0 N–H and O–H groups in total. The molecule has 0 aliphatic rings. The van der Waals surface area contributed by atoms with Crippen LogP contribution in [0.15, 0.2) is 41.9 Å². The van der Waals surface area contributed by atoms with E-state index in [-0.39, 0.29) is 5.91 Å². The van der Waals surface area contributed by atoms with Crippen molar-refractivity contribution < 1.29 is 4.79 Å². The lowest BCUT2D eigenvalue weighted by molar-refractivity contribution is 0.0780. The van der Waals surface area contributed by atoms with E-state index in [1.54, 1.807) is 23.3 Å². The van der Waals surface area contributed by atoms with E-state index in [2.05, 4.69) is 4.98 Å². The highest BCUT2D eigenvalue weighted by atomic mass is 32.1. The third kappa shape index (κ3) is 2.32. The van der Waals surface area contributed by atoms with Gasteiger partial charge in [-0.2, -0.15) is 0 Å². The topological polar surface area (TPSA) is 37.6 Å². The highest BCUT2D eigenvalue weighted by Crippen LogP contribution is 2.17. The van der Waals surface area contributed by atoms with E-state index in [4.69, 9.17) is 0 Å². The molecule has 2 aromatic heterocycles. The molecule has 3 aromatic rings. The number of hydrogen-bond donors (Lipinski definition) is 0. The van der Waals surface area contributed by atoms with E-state index in [0.717, 1.165) is 16.2 Å². The molecule has 0 unspecified atom stereocenters. The smallest absolute Gasteiger partial charge is 0.274 e. The fourth-order valence-corrected chi connectivity index (χ4v) is 2.97. The van der Waals surface area contributed by atoms with Crippen molar-refractivity contribution in [2.24, 2.45) is 0 Å². The van der Waals surface area contributed by atoms with Crippen molar-refractivity contribution in [1.29, 1.82) is 0 Å². The SMILES string of the molecule is Cc1csc2nc(C(=O)N(C)Cc3ccccc3)cn12. The summed E-state index contributed by atoms with van der Waals surface area (Å²) in [6.07, 6.45) is 1.81.